The number of aromatic amines is 1. The van der Waals surface area contributed by atoms with Gasteiger partial charge in [-0.1, -0.05) is 42.5 Å². The van der Waals surface area contributed by atoms with E-state index in [1.807, 2.05) is 0 Å². The zero-order valence-electron chi connectivity index (χ0n) is 12.1. The molecule has 2 heterocycles. The van der Waals surface area contributed by atoms with E-state index in [4.69, 9.17) is 0 Å². The molecule has 5 rings (SSSR count). The molecule has 2 heteroatoms. The van der Waals surface area contributed by atoms with E-state index in [9.17, 15) is 0 Å². The molecule has 0 bridgehead atoms. The normalized spacial score (nSPS) is 16.8. The summed E-state index contributed by atoms with van der Waals surface area (Å²) in [6, 6.07) is 24.0. The average molecular weight is 284 g/mol. The first kappa shape index (κ1) is 11.9. The molecule has 1 aliphatic rings. The van der Waals surface area contributed by atoms with Crippen molar-refractivity contribution in [3.63, 3.8) is 0 Å². The van der Waals surface area contributed by atoms with E-state index in [1.54, 1.807) is 0 Å². The second kappa shape index (κ2) is 4.38. The number of nitrogens with one attached hydrogen (secondary N) is 2. The van der Waals surface area contributed by atoms with Crippen LogP contribution in [0.4, 0.5) is 5.69 Å². The molecule has 0 saturated carbocycles. The summed E-state index contributed by atoms with van der Waals surface area (Å²) in [6.45, 7) is 0.979. The van der Waals surface area contributed by atoms with Crippen molar-refractivity contribution in [3.8, 4) is 0 Å². The molecule has 0 amide bonds. The summed E-state index contributed by atoms with van der Waals surface area (Å²) >= 11 is 0. The van der Waals surface area contributed by atoms with E-state index >= 15 is 0 Å². The van der Waals surface area contributed by atoms with Crippen LogP contribution in [-0.4, -0.2) is 11.5 Å². The van der Waals surface area contributed by atoms with Crippen molar-refractivity contribution in [2.24, 2.45) is 0 Å². The van der Waals surface area contributed by atoms with Gasteiger partial charge in [0, 0.05) is 40.0 Å². The molecular formula is C20H16N2. The summed E-state index contributed by atoms with van der Waals surface area (Å²) in [4.78, 5) is 3.50. The van der Waals surface area contributed by atoms with Gasteiger partial charge in [-0.05, 0) is 35.4 Å². The molecule has 0 radical (unpaired) electrons. The van der Waals surface area contributed by atoms with Gasteiger partial charge in [-0.2, -0.15) is 0 Å². The monoisotopic (exact) mass is 284 g/mol. The minimum atomic E-state index is 0.439. The van der Waals surface area contributed by atoms with Gasteiger partial charge in [0.05, 0.1) is 0 Å². The lowest BCUT2D eigenvalue weighted by Gasteiger charge is -2.11. The van der Waals surface area contributed by atoms with Crippen LogP contribution < -0.4 is 5.32 Å². The standard InChI is InChI=1S/C20H16N2/c1-3-7-18-15(6-1)17(12-21-18)13-9-10-20-16(11-13)14-5-2-4-8-19(14)22-20/h1-11,17,21-22H,12H2. The van der Waals surface area contributed by atoms with Crippen LogP contribution in [0, 0.1) is 0 Å². The Balaban J connectivity index is 1.71. The number of para-hydroxylation sites is 2. The minimum absolute atomic E-state index is 0.439. The largest absolute Gasteiger partial charge is 0.384 e. The number of aromatic nitrogens is 1. The smallest absolute Gasteiger partial charge is 0.0465 e. The Bertz CT molecular complexity index is 997. The Labute approximate surface area is 128 Å². The Kier molecular flexibility index (Phi) is 2.36. The van der Waals surface area contributed by atoms with Crippen molar-refractivity contribution in [1.82, 2.24) is 4.98 Å². The van der Waals surface area contributed by atoms with E-state index in [-0.39, 0.29) is 0 Å². The van der Waals surface area contributed by atoms with E-state index in [0.29, 0.717) is 5.92 Å². The maximum atomic E-state index is 3.52. The highest BCUT2D eigenvalue weighted by Gasteiger charge is 2.23. The number of hydrogen-bond donors (Lipinski definition) is 2. The summed E-state index contributed by atoms with van der Waals surface area (Å²) in [5.41, 5.74) is 6.48. The SMILES string of the molecule is c1ccc2c(c1)NCC2c1ccc2[nH]c3ccccc3c2c1. The molecule has 0 aliphatic carbocycles. The highest BCUT2D eigenvalue weighted by molar-refractivity contribution is 6.07. The Hall–Kier alpha value is -2.74. The van der Waals surface area contributed by atoms with Crippen LogP contribution in [0.2, 0.25) is 0 Å². The van der Waals surface area contributed by atoms with Crippen LogP contribution >= 0.6 is 0 Å². The van der Waals surface area contributed by atoms with Crippen LogP contribution in [0.5, 0.6) is 0 Å². The molecule has 1 aromatic heterocycles. The highest BCUT2D eigenvalue weighted by Crippen LogP contribution is 2.37. The van der Waals surface area contributed by atoms with Crippen molar-refractivity contribution in [2.45, 2.75) is 5.92 Å². The van der Waals surface area contributed by atoms with E-state index in [0.717, 1.165) is 6.54 Å². The molecule has 0 spiro atoms. The molecule has 3 aromatic carbocycles. The first-order valence-corrected chi connectivity index (χ1v) is 7.73. The molecule has 2 N–H and O–H groups in total. The van der Waals surface area contributed by atoms with Gasteiger partial charge in [0.15, 0.2) is 0 Å². The third kappa shape index (κ3) is 1.61. The molecule has 1 aliphatic heterocycles. The Morgan fingerprint density at radius 2 is 1.59 bits per heavy atom. The van der Waals surface area contributed by atoms with Gasteiger partial charge in [-0.15, -0.1) is 0 Å². The average Bonchev–Trinajstić information content (AvgIpc) is 3.15. The predicted molar refractivity (Wildman–Crippen MR) is 92.6 cm³/mol. The van der Waals surface area contributed by atoms with E-state index in [2.05, 4.69) is 77.0 Å². The Morgan fingerprint density at radius 3 is 2.59 bits per heavy atom. The maximum absolute atomic E-state index is 3.52. The summed E-state index contributed by atoms with van der Waals surface area (Å²) < 4.78 is 0. The third-order valence-corrected chi connectivity index (χ3v) is 4.77. The fraction of sp³-hybridized carbons (Fsp3) is 0.100. The lowest BCUT2D eigenvalue weighted by Crippen LogP contribution is -2.03. The number of anilines is 1. The second-order valence-electron chi connectivity index (χ2n) is 6.00. The van der Waals surface area contributed by atoms with Crippen LogP contribution in [0.25, 0.3) is 21.8 Å². The number of H-pyrrole nitrogens is 1. The Morgan fingerprint density at radius 1 is 0.773 bits per heavy atom. The van der Waals surface area contributed by atoms with Crippen molar-refractivity contribution in [3.05, 3.63) is 77.9 Å². The maximum Gasteiger partial charge on any atom is 0.0465 e. The number of benzene rings is 3. The first-order chi connectivity index (χ1) is 10.9. The third-order valence-electron chi connectivity index (χ3n) is 4.77. The summed E-state index contributed by atoms with van der Waals surface area (Å²) in [6.07, 6.45) is 0. The van der Waals surface area contributed by atoms with Gasteiger partial charge in [-0.25, -0.2) is 0 Å². The molecule has 1 atom stereocenters. The zero-order valence-corrected chi connectivity index (χ0v) is 12.1. The first-order valence-electron chi connectivity index (χ1n) is 7.73. The summed E-state index contributed by atoms with van der Waals surface area (Å²) in [7, 11) is 0. The highest BCUT2D eigenvalue weighted by atomic mass is 14.9. The molecule has 0 saturated heterocycles. The number of rotatable bonds is 1. The van der Waals surface area contributed by atoms with Crippen molar-refractivity contribution < 1.29 is 0 Å². The predicted octanol–water partition coefficient (Wildman–Crippen LogP) is 4.88. The lowest BCUT2D eigenvalue weighted by molar-refractivity contribution is 0.909. The van der Waals surface area contributed by atoms with Gasteiger partial charge in [0.2, 0.25) is 0 Å². The summed E-state index contributed by atoms with van der Waals surface area (Å²) in [5, 5.41) is 6.14. The molecule has 2 nitrogen and oxygen atoms in total. The molecule has 106 valence electrons. The van der Waals surface area contributed by atoms with Crippen molar-refractivity contribution in [1.29, 1.82) is 0 Å². The topological polar surface area (TPSA) is 27.8 Å². The second-order valence-corrected chi connectivity index (χ2v) is 6.00. The van der Waals surface area contributed by atoms with E-state index in [1.165, 1.54) is 38.6 Å². The molecule has 4 aromatic rings. The molecule has 0 fully saturated rings. The molecular weight excluding hydrogens is 268 g/mol. The van der Waals surface area contributed by atoms with Gasteiger partial charge in [0.25, 0.3) is 0 Å². The number of fused-ring (bicyclic) bond motifs is 4. The van der Waals surface area contributed by atoms with Crippen molar-refractivity contribution >= 4 is 27.5 Å². The van der Waals surface area contributed by atoms with Crippen LogP contribution in [0.3, 0.4) is 0 Å². The van der Waals surface area contributed by atoms with E-state index < -0.39 is 0 Å². The van der Waals surface area contributed by atoms with Crippen LogP contribution in [0.1, 0.15) is 17.0 Å². The van der Waals surface area contributed by atoms with Gasteiger partial charge in [-0.3, -0.25) is 0 Å². The van der Waals surface area contributed by atoms with Gasteiger partial charge in [0.1, 0.15) is 0 Å². The molecule has 22 heavy (non-hydrogen) atoms. The summed E-state index contributed by atoms with van der Waals surface area (Å²) in [5.74, 6) is 0.439. The minimum Gasteiger partial charge on any atom is -0.384 e. The fourth-order valence-electron chi connectivity index (χ4n) is 3.66. The van der Waals surface area contributed by atoms with Crippen molar-refractivity contribution in [2.75, 3.05) is 11.9 Å². The number of hydrogen-bond acceptors (Lipinski definition) is 1. The lowest BCUT2D eigenvalue weighted by atomic mass is 9.92. The fourth-order valence-corrected chi connectivity index (χ4v) is 3.66. The zero-order chi connectivity index (χ0) is 14.5. The molecule has 1 unspecified atom stereocenters. The quantitative estimate of drug-likeness (QED) is 0.512. The van der Waals surface area contributed by atoms with Crippen LogP contribution in [0.15, 0.2) is 66.7 Å². The van der Waals surface area contributed by atoms with Crippen LogP contribution in [-0.2, 0) is 0 Å². The van der Waals surface area contributed by atoms with Gasteiger partial charge < -0.3 is 10.3 Å². The van der Waals surface area contributed by atoms with Gasteiger partial charge >= 0.3 is 0 Å².